The number of halogens is 3. The third-order valence-corrected chi connectivity index (χ3v) is 5.03. The standard InChI is InChI=1S/C13H18F2N2O2S.ClH/c14-10-4-5-13(12(15)7-10)20(18,19)17-8-9-2-1-3-11(16)6-9;/h4-5,7,9,11,17H,1-3,6,8,16H2;1H. The molecule has 0 bridgehead atoms. The number of rotatable bonds is 4. The lowest BCUT2D eigenvalue weighted by Gasteiger charge is -2.26. The first-order chi connectivity index (χ1) is 9.38. The van der Waals surface area contributed by atoms with Crippen molar-refractivity contribution in [1.82, 2.24) is 4.72 Å². The van der Waals surface area contributed by atoms with Crippen molar-refractivity contribution in [2.45, 2.75) is 36.6 Å². The lowest BCUT2D eigenvalue weighted by molar-refractivity contribution is 0.322. The Morgan fingerprint density at radius 1 is 1.29 bits per heavy atom. The van der Waals surface area contributed by atoms with Gasteiger partial charge in [-0.25, -0.2) is 21.9 Å². The van der Waals surface area contributed by atoms with Gasteiger partial charge in [0.2, 0.25) is 10.0 Å². The summed E-state index contributed by atoms with van der Waals surface area (Å²) in [6.07, 6.45) is 3.59. The predicted octanol–water partition coefficient (Wildman–Crippen LogP) is 2.18. The largest absolute Gasteiger partial charge is 0.328 e. The monoisotopic (exact) mass is 340 g/mol. The van der Waals surface area contributed by atoms with E-state index >= 15 is 0 Å². The molecule has 120 valence electrons. The summed E-state index contributed by atoms with van der Waals surface area (Å²) in [6, 6.07) is 2.51. The summed E-state index contributed by atoms with van der Waals surface area (Å²) < 4.78 is 52.6. The predicted molar refractivity (Wildman–Crippen MR) is 78.7 cm³/mol. The van der Waals surface area contributed by atoms with Crippen LogP contribution in [0.1, 0.15) is 25.7 Å². The quantitative estimate of drug-likeness (QED) is 0.882. The van der Waals surface area contributed by atoms with Gasteiger partial charge in [-0.15, -0.1) is 12.4 Å². The Morgan fingerprint density at radius 2 is 2.00 bits per heavy atom. The van der Waals surface area contributed by atoms with Crippen molar-refractivity contribution in [1.29, 1.82) is 0 Å². The maximum atomic E-state index is 13.5. The van der Waals surface area contributed by atoms with Gasteiger partial charge in [0.1, 0.15) is 16.5 Å². The third kappa shape index (κ3) is 4.88. The zero-order valence-electron chi connectivity index (χ0n) is 11.4. The Balaban J connectivity index is 0.00000220. The molecular formula is C13H19ClF2N2O2S. The van der Waals surface area contributed by atoms with Gasteiger partial charge in [0.15, 0.2) is 0 Å². The van der Waals surface area contributed by atoms with E-state index in [2.05, 4.69) is 4.72 Å². The summed E-state index contributed by atoms with van der Waals surface area (Å²) >= 11 is 0. The molecule has 1 aliphatic carbocycles. The molecule has 4 nitrogen and oxygen atoms in total. The minimum Gasteiger partial charge on any atom is -0.328 e. The van der Waals surface area contributed by atoms with E-state index in [0.29, 0.717) is 6.07 Å². The molecule has 1 aliphatic rings. The molecular weight excluding hydrogens is 322 g/mol. The number of hydrogen-bond donors (Lipinski definition) is 2. The normalized spacial score (nSPS) is 22.6. The highest BCUT2D eigenvalue weighted by Crippen LogP contribution is 2.23. The average molecular weight is 341 g/mol. The zero-order chi connectivity index (χ0) is 14.8. The Bertz CT molecular complexity index is 584. The molecule has 1 aromatic rings. The fraction of sp³-hybridized carbons (Fsp3) is 0.538. The second kappa shape index (κ2) is 7.49. The molecule has 2 unspecified atom stereocenters. The van der Waals surface area contributed by atoms with Crippen molar-refractivity contribution in [2.24, 2.45) is 11.7 Å². The van der Waals surface area contributed by atoms with Crippen molar-refractivity contribution >= 4 is 22.4 Å². The van der Waals surface area contributed by atoms with Crippen LogP contribution in [0.15, 0.2) is 23.1 Å². The Hall–Kier alpha value is -0.760. The fourth-order valence-electron chi connectivity index (χ4n) is 2.52. The van der Waals surface area contributed by atoms with Crippen LogP contribution in [0.25, 0.3) is 0 Å². The number of nitrogens with two attached hydrogens (primary N) is 1. The highest BCUT2D eigenvalue weighted by molar-refractivity contribution is 7.89. The smallest absolute Gasteiger partial charge is 0.243 e. The van der Waals surface area contributed by atoms with Gasteiger partial charge in [0.25, 0.3) is 0 Å². The molecule has 0 aliphatic heterocycles. The molecule has 0 saturated heterocycles. The Morgan fingerprint density at radius 3 is 2.62 bits per heavy atom. The van der Waals surface area contributed by atoms with Crippen LogP contribution >= 0.6 is 12.4 Å². The molecule has 0 aromatic heterocycles. The lowest BCUT2D eigenvalue weighted by Crippen LogP contribution is -2.35. The van der Waals surface area contributed by atoms with Gasteiger partial charge in [-0.05, 0) is 37.3 Å². The number of nitrogens with one attached hydrogen (secondary N) is 1. The maximum Gasteiger partial charge on any atom is 0.243 e. The SMILES string of the molecule is Cl.NC1CCCC(CNS(=O)(=O)c2ccc(F)cc2F)C1. The van der Waals surface area contributed by atoms with Crippen LogP contribution in [0.4, 0.5) is 8.78 Å². The second-order valence-electron chi connectivity index (χ2n) is 5.22. The molecule has 0 spiro atoms. The molecule has 2 atom stereocenters. The molecule has 2 rings (SSSR count). The molecule has 1 fully saturated rings. The summed E-state index contributed by atoms with van der Waals surface area (Å²) in [4.78, 5) is -0.529. The number of benzene rings is 1. The van der Waals surface area contributed by atoms with E-state index in [1.165, 1.54) is 0 Å². The van der Waals surface area contributed by atoms with Crippen LogP contribution in [-0.2, 0) is 10.0 Å². The second-order valence-corrected chi connectivity index (χ2v) is 6.95. The van der Waals surface area contributed by atoms with Crippen LogP contribution in [-0.4, -0.2) is 21.0 Å². The van der Waals surface area contributed by atoms with Gasteiger partial charge in [0, 0.05) is 18.7 Å². The Labute approximate surface area is 129 Å². The van der Waals surface area contributed by atoms with E-state index in [1.807, 2.05) is 0 Å². The summed E-state index contributed by atoms with van der Waals surface area (Å²) in [7, 11) is -3.96. The van der Waals surface area contributed by atoms with E-state index < -0.39 is 26.6 Å². The highest BCUT2D eigenvalue weighted by atomic mass is 35.5. The average Bonchev–Trinajstić information content (AvgIpc) is 2.36. The number of hydrogen-bond acceptors (Lipinski definition) is 3. The first-order valence-corrected chi connectivity index (χ1v) is 8.07. The molecule has 21 heavy (non-hydrogen) atoms. The van der Waals surface area contributed by atoms with Crippen LogP contribution in [0, 0.1) is 17.6 Å². The first-order valence-electron chi connectivity index (χ1n) is 6.59. The number of sulfonamides is 1. The van der Waals surface area contributed by atoms with Crippen LogP contribution < -0.4 is 10.5 Å². The van der Waals surface area contributed by atoms with Gasteiger partial charge in [-0.2, -0.15) is 0 Å². The van der Waals surface area contributed by atoms with Crippen LogP contribution in [0.2, 0.25) is 0 Å². The van der Waals surface area contributed by atoms with E-state index in [4.69, 9.17) is 5.73 Å². The van der Waals surface area contributed by atoms with Gasteiger partial charge in [-0.3, -0.25) is 0 Å². The highest BCUT2D eigenvalue weighted by Gasteiger charge is 2.23. The van der Waals surface area contributed by atoms with E-state index in [0.717, 1.165) is 37.8 Å². The molecule has 1 saturated carbocycles. The van der Waals surface area contributed by atoms with Crippen molar-refractivity contribution in [3.05, 3.63) is 29.8 Å². The van der Waals surface area contributed by atoms with Crippen molar-refractivity contribution in [3.8, 4) is 0 Å². The molecule has 1 aromatic carbocycles. The first kappa shape index (κ1) is 18.3. The molecule has 3 N–H and O–H groups in total. The van der Waals surface area contributed by atoms with Crippen molar-refractivity contribution < 1.29 is 17.2 Å². The summed E-state index contributed by atoms with van der Waals surface area (Å²) in [5.41, 5.74) is 5.84. The summed E-state index contributed by atoms with van der Waals surface area (Å²) in [6.45, 7) is 0.229. The van der Waals surface area contributed by atoms with Gasteiger partial charge in [0.05, 0.1) is 0 Å². The van der Waals surface area contributed by atoms with Crippen molar-refractivity contribution in [2.75, 3.05) is 6.54 Å². The van der Waals surface area contributed by atoms with Gasteiger partial charge >= 0.3 is 0 Å². The minimum atomic E-state index is -3.96. The van der Waals surface area contributed by atoms with Gasteiger partial charge < -0.3 is 5.73 Å². The van der Waals surface area contributed by atoms with Crippen LogP contribution in [0.3, 0.4) is 0 Å². The van der Waals surface area contributed by atoms with Crippen LogP contribution in [0.5, 0.6) is 0 Å². The lowest BCUT2D eigenvalue weighted by atomic mass is 9.86. The van der Waals surface area contributed by atoms with E-state index in [9.17, 15) is 17.2 Å². The molecule has 0 amide bonds. The third-order valence-electron chi connectivity index (χ3n) is 3.57. The summed E-state index contributed by atoms with van der Waals surface area (Å²) in [5.74, 6) is -1.73. The maximum absolute atomic E-state index is 13.5. The topological polar surface area (TPSA) is 72.2 Å². The Kier molecular flexibility index (Phi) is 6.52. The minimum absolute atomic E-state index is 0. The summed E-state index contributed by atoms with van der Waals surface area (Å²) in [5, 5.41) is 0. The van der Waals surface area contributed by atoms with Gasteiger partial charge in [-0.1, -0.05) is 6.42 Å². The van der Waals surface area contributed by atoms with E-state index in [-0.39, 0.29) is 30.9 Å². The molecule has 0 radical (unpaired) electrons. The molecule has 0 heterocycles. The van der Waals surface area contributed by atoms with E-state index in [1.54, 1.807) is 0 Å². The fourth-order valence-corrected chi connectivity index (χ4v) is 3.69. The van der Waals surface area contributed by atoms with Crippen molar-refractivity contribution in [3.63, 3.8) is 0 Å². The zero-order valence-corrected chi connectivity index (χ0v) is 13.0. The molecule has 8 heteroatoms.